The van der Waals surface area contributed by atoms with Crippen LogP contribution in [-0.2, 0) is 9.59 Å². The minimum Gasteiger partial charge on any atom is -0.340 e. The molecule has 1 saturated carbocycles. The predicted octanol–water partition coefficient (Wildman–Crippen LogP) is 1.99. The first-order chi connectivity index (χ1) is 14.1. The van der Waals surface area contributed by atoms with Gasteiger partial charge in [-0.05, 0) is 31.4 Å². The van der Waals surface area contributed by atoms with Crippen molar-refractivity contribution < 1.29 is 14.4 Å². The van der Waals surface area contributed by atoms with Gasteiger partial charge in [-0.2, -0.15) is 0 Å². The van der Waals surface area contributed by atoms with Crippen LogP contribution in [0.1, 0.15) is 55.3 Å². The molecule has 0 aromatic heterocycles. The highest BCUT2D eigenvalue weighted by Gasteiger charge is 2.30. The first-order valence-electron chi connectivity index (χ1n) is 10.8. The largest absolute Gasteiger partial charge is 0.340 e. The second-order valence-electron chi connectivity index (χ2n) is 8.31. The lowest BCUT2D eigenvalue weighted by Gasteiger charge is -2.40. The first kappa shape index (κ1) is 19.9. The Balaban J connectivity index is 1.27. The Morgan fingerprint density at radius 2 is 1.72 bits per heavy atom. The molecule has 1 atom stereocenters. The smallest absolute Gasteiger partial charge is 0.254 e. The van der Waals surface area contributed by atoms with Gasteiger partial charge >= 0.3 is 0 Å². The number of para-hydroxylation sites is 1. The lowest BCUT2D eigenvalue weighted by Crippen LogP contribution is -2.52. The quantitative estimate of drug-likeness (QED) is 0.813. The number of rotatable bonds is 4. The number of carbonyl (C=O) groups excluding carboxylic acids is 3. The molecule has 0 spiro atoms. The molecule has 2 aliphatic heterocycles. The fraction of sp³-hybridized carbons (Fsp3) is 0.591. The number of hydrogen-bond acceptors (Lipinski definition) is 4. The van der Waals surface area contributed by atoms with E-state index >= 15 is 0 Å². The van der Waals surface area contributed by atoms with Gasteiger partial charge in [0.1, 0.15) is 6.04 Å². The van der Waals surface area contributed by atoms with Crippen LogP contribution >= 0.6 is 0 Å². The monoisotopic (exact) mass is 398 g/mol. The second-order valence-corrected chi connectivity index (χ2v) is 8.31. The van der Waals surface area contributed by atoms with Crippen molar-refractivity contribution >= 4 is 23.4 Å². The van der Waals surface area contributed by atoms with Crippen molar-refractivity contribution in [3.8, 4) is 0 Å². The number of anilines is 1. The van der Waals surface area contributed by atoms with Crippen LogP contribution < -0.4 is 10.6 Å². The third-order valence-electron chi connectivity index (χ3n) is 6.46. The molecule has 0 bridgehead atoms. The van der Waals surface area contributed by atoms with Crippen LogP contribution in [0.5, 0.6) is 0 Å². The van der Waals surface area contributed by atoms with Crippen molar-refractivity contribution in [1.82, 2.24) is 15.1 Å². The second kappa shape index (κ2) is 8.95. The summed E-state index contributed by atoms with van der Waals surface area (Å²) in [4.78, 5) is 42.0. The summed E-state index contributed by atoms with van der Waals surface area (Å²) in [6, 6.07) is 6.94. The van der Waals surface area contributed by atoms with Crippen LogP contribution in [0, 0.1) is 0 Å². The zero-order valence-corrected chi connectivity index (χ0v) is 16.9. The minimum absolute atomic E-state index is 0.0668. The Kier molecular flexibility index (Phi) is 6.13. The number of nitrogens with zero attached hydrogens (tertiary/aromatic N) is 2. The minimum atomic E-state index is -0.692. The van der Waals surface area contributed by atoms with E-state index in [-0.39, 0.29) is 24.1 Å². The standard InChI is InChI=1S/C22H30N4O3/c27-20(26-14-12-25(13-15-26)16-6-2-1-3-7-16)11-10-19-22(29)23-18-9-5-4-8-17(18)21(28)24-19/h4-5,8-9,16,19H,1-3,6-7,10-15H2,(H,23,29)(H,24,28). The van der Waals surface area contributed by atoms with Crippen molar-refractivity contribution in [3.63, 3.8) is 0 Å². The van der Waals surface area contributed by atoms with Crippen LogP contribution in [0.25, 0.3) is 0 Å². The van der Waals surface area contributed by atoms with Crippen molar-refractivity contribution in [2.24, 2.45) is 0 Å². The molecule has 1 aromatic rings. The molecule has 2 heterocycles. The average molecular weight is 399 g/mol. The molecule has 2 N–H and O–H groups in total. The third-order valence-corrected chi connectivity index (χ3v) is 6.46. The average Bonchev–Trinajstić information content (AvgIpc) is 2.88. The topological polar surface area (TPSA) is 81.8 Å². The number of amides is 3. The molecule has 1 unspecified atom stereocenters. The van der Waals surface area contributed by atoms with E-state index in [1.54, 1.807) is 24.3 Å². The molecule has 29 heavy (non-hydrogen) atoms. The zero-order chi connectivity index (χ0) is 20.2. The summed E-state index contributed by atoms with van der Waals surface area (Å²) >= 11 is 0. The molecule has 3 amide bonds. The Bertz CT molecular complexity index is 767. The molecular weight excluding hydrogens is 368 g/mol. The maximum absolute atomic E-state index is 12.7. The number of piperazine rings is 1. The van der Waals surface area contributed by atoms with Crippen LogP contribution in [0.15, 0.2) is 24.3 Å². The molecule has 1 saturated heterocycles. The van der Waals surface area contributed by atoms with Crippen molar-refractivity contribution in [1.29, 1.82) is 0 Å². The molecule has 1 aliphatic carbocycles. The highest BCUT2D eigenvalue weighted by molar-refractivity contribution is 6.09. The molecule has 0 radical (unpaired) electrons. The zero-order valence-electron chi connectivity index (χ0n) is 16.9. The van der Waals surface area contributed by atoms with Crippen LogP contribution in [0.4, 0.5) is 5.69 Å². The molecule has 156 valence electrons. The molecule has 1 aromatic carbocycles. The van der Waals surface area contributed by atoms with Gasteiger partial charge in [0.15, 0.2) is 0 Å². The molecule has 3 aliphatic rings. The van der Waals surface area contributed by atoms with E-state index in [0.717, 1.165) is 26.2 Å². The fourth-order valence-electron chi connectivity index (χ4n) is 4.72. The Hall–Kier alpha value is -2.41. The van der Waals surface area contributed by atoms with Gasteiger partial charge in [0.2, 0.25) is 11.8 Å². The summed E-state index contributed by atoms with van der Waals surface area (Å²) in [6.45, 7) is 3.38. The number of hydrogen-bond donors (Lipinski definition) is 2. The number of fused-ring (bicyclic) bond motifs is 1. The molecule has 4 rings (SSSR count). The summed E-state index contributed by atoms with van der Waals surface area (Å²) in [7, 11) is 0. The van der Waals surface area contributed by atoms with Crippen molar-refractivity contribution in [3.05, 3.63) is 29.8 Å². The summed E-state index contributed by atoms with van der Waals surface area (Å²) in [5.74, 6) is -0.479. The van der Waals surface area contributed by atoms with Crippen LogP contribution in [0.2, 0.25) is 0 Å². The lowest BCUT2D eigenvalue weighted by molar-refractivity contribution is -0.133. The number of benzene rings is 1. The SMILES string of the molecule is O=C1NC(CCC(=O)N2CCN(C3CCCCC3)CC2)C(=O)Nc2ccccc21. The van der Waals surface area contributed by atoms with E-state index < -0.39 is 6.04 Å². The summed E-state index contributed by atoms with van der Waals surface area (Å²) in [5.41, 5.74) is 0.969. The first-order valence-corrected chi connectivity index (χ1v) is 10.8. The van der Waals surface area contributed by atoms with Gasteiger partial charge in [0.05, 0.1) is 11.3 Å². The van der Waals surface area contributed by atoms with Crippen molar-refractivity contribution in [2.75, 3.05) is 31.5 Å². The number of carbonyl (C=O) groups is 3. The molecule has 7 nitrogen and oxygen atoms in total. The maximum Gasteiger partial charge on any atom is 0.254 e. The van der Waals surface area contributed by atoms with E-state index in [2.05, 4.69) is 15.5 Å². The molecular formula is C22H30N4O3. The fourth-order valence-corrected chi connectivity index (χ4v) is 4.72. The molecule has 2 fully saturated rings. The molecule has 7 heteroatoms. The van der Waals surface area contributed by atoms with E-state index in [1.807, 2.05) is 4.90 Å². The van der Waals surface area contributed by atoms with Gasteiger partial charge in [0.25, 0.3) is 5.91 Å². The highest BCUT2D eigenvalue weighted by atomic mass is 16.2. The van der Waals surface area contributed by atoms with Crippen molar-refractivity contribution in [2.45, 2.75) is 57.0 Å². The van der Waals surface area contributed by atoms with Gasteiger partial charge in [-0.3, -0.25) is 19.3 Å². The van der Waals surface area contributed by atoms with Crippen LogP contribution in [0.3, 0.4) is 0 Å². The van der Waals surface area contributed by atoms with E-state index in [9.17, 15) is 14.4 Å². The summed E-state index contributed by atoms with van der Waals surface area (Å²) in [5, 5.41) is 5.56. The van der Waals surface area contributed by atoms with Gasteiger partial charge in [-0.25, -0.2) is 0 Å². The summed E-state index contributed by atoms with van der Waals surface area (Å²) in [6.07, 6.45) is 7.14. The highest BCUT2D eigenvalue weighted by Crippen LogP contribution is 2.24. The van der Waals surface area contributed by atoms with E-state index in [0.29, 0.717) is 23.7 Å². The number of nitrogens with one attached hydrogen (secondary N) is 2. The van der Waals surface area contributed by atoms with Crippen LogP contribution in [-0.4, -0.2) is 65.8 Å². The Morgan fingerprint density at radius 1 is 1.00 bits per heavy atom. The maximum atomic E-state index is 12.7. The predicted molar refractivity (Wildman–Crippen MR) is 111 cm³/mol. The normalized spacial score (nSPS) is 23.7. The Labute approximate surface area is 171 Å². The Morgan fingerprint density at radius 3 is 2.48 bits per heavy atom. The van der Waals surface area contributed by atoms with Gasteiger partial charge in [-0.1, -0.05) is 31.4 Å². The van der Waals surface area contributed by atoms with Gasteiger partial charge < -0.3 is 15.5 Å². The summed E-state index contributed by atoms with van der Waals surface area (Å²) < 4.78 is 0. The van der Waals surface area contributed by atoms with Gasteiger partial charge in [0, 0.05) is 38.6 Å². The lowest BCUT2D eigenvalue weighted by atomic mass is 9.94. The van der Waals surface area contributed by atoms with Gasteiger partial charge in [-0.15, -0.1) is 0 Å². The van der Waals surface area contributed by atoms with E-state index in [4.69, 9.17) is 0 Å². The van der Waals surface area contributed by atoms with E-state index in [1.165, 1.54) is 32.1 Å². The third kappa shape index (κ3) is 4.61.